The maximum Gasteiger partial charge on any atom is 0.265 e. The maximum atomic E-state index is 13.6. The summed E-state index contributed by atoms with van der Waals surface area (Å²) in [5.74, 6) is 0.376. The summed E-state index contributed by atoms with van der Waals surface area (Å²) in [5.41, 5.74) is 5.78. The Labute approximate surface area is 217 Å². The van der Waals surface area contributed by atoms with Crippen LogP contribution < -0.4 is 10.1 Å². The van der Waals surface area contributed by atoms with E-state index in [2.05, 4.69) is 36.5 Å². The smallest absolute Gasteiger partial charge is 0.265 e. The second kappa shape index (κ2) is 10.7. The number of aryl methyl sites for hydroxylation is 1. The standard InChI is InChI=1S/C32H30N2O3/c1-22-10-9-13-26(20-22)30-29-21-28(37-23(2)31(35)33-27-14-7-4-8-15-27)17-16-24(29)18-19-34(30)32(36)25-11-5-3-6-12-25/h3-17,20-21,23,30H,18-19H2,1-2H3,(H,33,35). The van der Waals surface area contributed by atoms with Gasteiger partial charge in [0, 0.05) is 17.8 Å². The first-order chi connectivity index (χ1) is 18.0. The number of benzene rings is 4. The van der Waals surface area contributed by atoms with E-state index in [0.29, 0.717) is 17.9 Å². The zero-order valence-corrected chi connectivity index (χ0v) is 21.1. The van der Waals surface area contributed by atoms with Gasteiger partial charge in [0.1, 0.15) is 5.75 Å². The number of hydrogen-bond donors (Lipinski definition) is 1. The van der Waals surface area contributed by atoms with Crippen LogP contribution in [0.5, 0.6) is 5.75 Å². The first kappa shape index (κ1) is 24.3. The van der Waals surface area contributed by atoms with Crippen molar-refractivity contribution in [2.75, 3.05) is 11.9 Å². The molecule has 1 heterocycles. The number of nitrogens with zero attached hydrogens (tertiary/aromatic N) is 1. The molecule has 0 aliphatic carbocycles. The molecular formula is C32H30N2O3. The maximum absolute atomic E-state index is 13.6. The zero-order valence-electron chi connectivity index (χ0n) is 21.1. The molecule has 2 amide bonds. The van der Waals surface area contributed by atoms with Crippen LogP contribution in [0.2, 0.25) is 0 Å². The molecule has 0 saturated heterocycles. The van der Waals surface area contributed by atoms with Gasteiger partial charge in [-0.1, -0.05) is 72.3 Å². The Balaban J connectivity index is 1.46. The predicted octanol–water partition coefficient (Wildman–Crippen LogP) is 6.19. The molecule has 0 fully saturated rings. The highest BCUT2D eigenvalue weighted by atomic mass is 16.5. The predicted molar refractivity (Wildman–Crippen MR) is 146 cm³/mol. The normalized spacial score (nSPS) is 15.4. The van der Waals surface area contributed by atoms with Crippen molar-refractivity contribution in [3.05, 3.63) is 131 Å². The number of rotatable bonds is 6. The molecular weight excluding hydrogens is 460 g/mol. The second-order valence-corrected chi connectivity index (χ2v) is 9.41. The van der Waals surface area contributed by atoms with Gasteiger partial charge in [-0.25, -0.2) is 0 Å². The number of anilines is 1. The summed E-state index contributed by atoms with van der Waals surface area (Å²) < 4.78 is 6.09. The topological polar surface area (TPSA) is 58.6 Å². The fraction of sp³-hybridized carbons (Fsp3) is 0.188. The third-order valence-electron chi connectivity index (χ3n) is 6.71. The molecule has 1 aliphatic heterocycles. The Morgan fingerprint density at radius 1 is 0.892 bits per heavy atom. The monoisotopic (exact) mass is 490 g/mol. The third kappa shape index (κ3) is 5.41. The van der Waals surface area contributed by atoms with E-state index in [-0.39, 0.29) is 17.9 Å². The van der Waals surface area contributed by atoms with Gasteiger partial charge in [-0.15, -0.1) is 0 Å². The zero-order chi connectivity index (χ0) is 25.8. The number of carbonyl (C=O) groups excluding carboxylic acids is 2. The number of nitrogens with one attached hydrogen (secondary N) is 1. The Kier molecular flexibility index (Phi) is 7.04. The lowest BCUT2D eigenvalue weighted by molar-refractivity contribution is -0.122. The molecule has 2 atom stereocenters. The van der Waals surface area contributed by atoms with E-state index < -0.39 is 6.10 Å². The van der Waals surface area contributed by atoms with Crippen molar-refractivity contribution in [3.8, 4) is 5.75 Å². The van der Waals surface area contributed by atoms with Gasteiger partial charge in [0.15, 0.2) is 6.10 Å². The van der Waals surface area contributed by atoms with Gasteiger partial charge in [-0.3, -0.25) is 9.59 Å². The van der Waals surface area contributed by atoms with Crippen LogP contribution in [0.25, 0.3) is 0 Å². The molecule has 186 valence electrons. The molecule has 0 spiro atoms. The van der Waals surface area contributed by atoms with E-state index in [1.165, 1.54) is 5.56 Å². The molecule has 0 saturated carbocycles. The SMILES string of the molecule is Cc1cccc(C2c3cc(OC(C)C(=O)Nc4ccccc4)ccc3CCN2C(=O)c2ccccc2)c1. The van der Waals surface area contributed by atoms with Crippen LogP contribution in [0.15, 0.2) is 103 Å². The second-order valence-electron chi connectivity index (χ2n) is 9.41. The van der Waals surface area contributed by atoms with Crippen molar-refractivity contribution in [1.29, 1.82) is 0 Å². The van der Waals surface area contributed by atoms with E-state index in [1.54, 1.807) is 6.92 Å². The van der Waals surface area contributed by atoms with Crippen molar-refractivity contribution >= 4 is 17.5 Å². The van der Waals surface area contributed by atoms with Crippen LogP contribution in [0.4, 0.5) is 5.69 Å². The van der Waals surface area contributed by atoms with E-state index in [4.69, 9.17) is 4.74 Å². The number of ether oxygens (including phenoxy) is 1. The van der Waals surface area contributed by atoms with Gasteiger partial charge in [0.25, 0.3) is 11.8 Å². The molecule has 2 unspecified atom stereocenters. The van der Waals surface area contributed by atoms with Gasteiger partial charge >= 0.3 is 0 Å². The molecule has 0 bridgehead atoms. The Bertz CT molecular complexity index is 1400. The summed E-state index contributed by atoms with van der Waals surface area (Å²) in [5, 5.41) is 2.89. The van der Waals surface area contributed by atoms with Crippen molar-refractivity contribution in [3.63, 3.8) is 0 Å². The van der Waals surface area contributed by atoms with Crippen molar-refractivity contribution in [2.45, 2.75) is 32.4 Å². The fourth-order valence-electron chi connectivity index (χ4n) is 4.85. The van der Waals surface area contributed by atoms with Crippen LogP contribution in [-0.2, 0) is 11.2 Å². The highest BCUT2D eigenvalue weighted by Crippen LogP contribution is 2.38. The van der Waals surface area contributed by atoms with Gasteiger partial charge in [0.05, 0.1) is 6.04 Å². The minimum Gasteiger partial charge on any atom is -0.481 e. The lowest BCUT2D eigenvalue weighted by Crippen LogP contribution is -2.40. The minimum absolute atomic E-state index is 0.000292. The van der Waals surface area contributed by atoms with E-state index >= 15 is 0 Å². The molecule has 37 heavy (non-hydrogen) atoms. The van der Waals surface area contributed by atoms with Crippen molar-refractivity contribution < 1.29 is 14.3 Å². The summed E-state index contributed by atoms with van der Waals surface area (Å²) in [6.45, 7) is 4.42. The minimum atomic E-state index is -0.693. The molecule has 5 rings (SSSR count). The summed E-state index contributed by atoms with van der Waals surface area (Å²) in [7, 11) is 0. The molecule has 0 aromatic heterocycles. The van der Waals surface area contributed by atoms with Crippen LogP contribution >= 0.6 is 0 Å². The highest BCUT2D eigenvalue weighted by Gasteiger charge is 2.33. The van der Waals surface area contributed by atoms with Gasteiger partial charge in [0.2, 0.25) is 0 Å². The van der Waals surface area contributed by atoms with Crippen LogP contribution in [-0.4, -0.2) is 29.4 Å². The number of amides is 2. The molecule has 5 nitrogen and oxygen atoms in total. The number of fused-ring (bicyclic) bond motifs is 1. The van der Waals surface area contributed by atoms with Gasteiger partial charge in [-0.05, 0) is 73.4 Å². The summed E-state index contributed by atoms with van der Waals surface area (Å²) in [6.07, 6.45) is 0.0573. The average molecular weight is 491 g/mol. The van der Waals surface area contributed by atoms with Crippen molar-refractivity contribution in [2.24, 2.45) is 0 Å². The Morgan fingerprint density at radius 2 is 1.62 bits per heavy atom. The van der Waals surface area contributed by atoms with Gasteiger partial charge < -0.3 is 15.0 Å². The molecule has 1 N–H and O–H groups in total. The highest BCUT2D eigenvalue weighted by molar-refractivity contribution is 5.95. The van der Waals surface area contributed by atoms with E-state index in [0.717, 1.165) is 28.8 Å². The Hall–Kier alpha value is -4.38. The van der Waals surface area contributed by atoms with Crippen LogP contribution in [0, 0.1) is 6.92 Å². The summed E-state index contributed by atoms with van der Waals surface area (Å²) >= 11 is 0. The first-order valence-corrected chi connectivity index (χ1v) is 12.6. The number of hydrogen-bond acceptors (Lipinski definition) is 3. The molecule has 5 heteroatoms. The van der Waals surface area contributed by atoms with Crippen molar-refractivity contribution in [1.82, 2.24) is 4.90 Å². The van der Waals surface area contributed by atoms with Gasteiger partial charge in [-0.2, -0.15) is 0 Å². The molecule has 0 radical (unpaired) electrons. The van der Waals surface area contributed by atoms with E-state index in [9.17, 15) is 9.59 Å². The first-order valence-electron chi connectivity index (χ1n) is 12.6. The summed E-state index contributed by atoms with van der Waals surface area (Å²) in [4.78, 5) is 28.3. The largest absolute Gasteiger partial charge is 0.481 e. The average Bonchev–Trinajstić information content (AvgIpc) is 2.93. The molecule has 4 aromatic rings. The number of carbonyl (C=O) groups is 2. The quantitative estimate of drug-likeness (QED) is 0.351. The Morgan fingerprint density at radius 3 is 2.35 bits per heavy atom. The third-order valence-corrected chi connectivity index (χ3v) is 6.71. The number of para-hydroxylation sites is 1. The van der Waals surface area contributed by atoms with E-state index in [1.807, 2.05) is 83.8 Å². The van der Waals surface area contributed by atoms with Crippen LogP contribution in [0.3, 0.4) is 0 Å². The lowest BCUT2D eigenvalue weighted by Gasteiger charge is -2.38. The lowest BCUT2D eigenvalue weighted by atomic mass is 9.87. The summed E-state index contributed by atoms with van der Waals surface area (Å²) in [6, 6.07) is 32.7. The molecule has 1 aliphatic rings. The fourth-order valence-corrected chi connectivity index (χ4v) is 4.85. The molecule has 4 aromatic carbocycles. The van der Waals surface area contributed by atoms with Crippen LogP contribution in [0.1, 0.15) is 45.6 Å².